The molecule has 2 atom stereocenters. The molecule has 11 nitrogen and oxygen atoms in total. The van der Waals surface area contributed by atoms with E-state index >= 15 is 0 Å². The molecule has 274 valence electrons. The van der Waals surface area contributed by atoms with Crippen LogP contribution in [0.15, 0.2) is 34.1 Å². The minimum atomic E-state index is -5.33. The Labute approximate surface area is 306 Å². The first kappa shape index (κ1) is 40.2. The second-order valence-corrected chi connectivity index (χ2v) is 17.9. The Bertz CT molecular complexity index is 2390. The molecule has 0 saturated heterocycles. The zero-order valence-corrected chi connectivity index (χ0v) is 30.9. The number of aromatic carboxylic acids is 1. The molecule has 3 aliphatic rings. The van der Waals surface area contributed by atoms with Crippen LogP contribution in [0.4, 0.5) is 0 Å². The summed E-state index contributed by atoms with van der Waals surface area (Å²) >= 11 is 13.2. The highest BCUT2D eigenvalue weighted by Crippen LogP contribution is 2.52. The van der Waals surface area contributed by atoms with Gasteiger partial charge in [-0.2, -0.15) is 9.59 Å². The van der Waals surface area contributed by atoms with Crippen LogP contribution in [0.5, 0.6) is 11.5 Å². The Morgan fingerprint density at radius 2 is 1.45 bits per heavy atom. The molecule has 0 bridgehead atoms. The van der Waals surface area contributed by atoms with E-state index in [4.69, 9.17) is 37.5 Å². The van der Waals surface area contributed by atoms with Crippen LogP contribution in [0.2, 0.25) is 10.0 Å². The molecule has 1 aliphatic heterocycles. The van der Waals surface area contributed by atoms with E-state index in [-0.39, 0.29) is 74.6 Å². The summed E-state index contributed by atoms with van der Waals surface area (Å²) < 4.78 is 85.5. The lowest BCUT2D eigenvalue weighted by atomic mass is 9.69. The number of rotatable bonds is 4. The number of hydrogen-bond acceptors (Lipinski definition) is 10. The quantitative estimate of drug-likeness (QED) is 0.229. The molecular weight excluding hydrogens is 743 g/mol. The summed E-state index contributed by atoms with van der Waals surface area (Å²) in [6.07, 6.45) is 3.36. The third-order valence-corrected chi connectivity index (χ3v) is 11.9. The summed E-state index contributed by atoms with van der Waals surface area (Å²) in [6.45, 7) is 11.5. The summed E-state index contributed by atoms with van der Waals surface area (Å²) in [5, 5.41) is 10.2. The number of carboxylic acids is 1. The maximum atomic E-state index is 13.2. The molecule has 51 heavy (non-hydrogen) atoms. The van der Waals surface area contributed by atoms with Gasteiger partial charge < -0.3 is 18.9 Å². The molecular formula is C36H36Cl2O11S2-2. The molecule has 6 rings (SSSR count). The van der Waals surface area contributed by atoms with Gasteiger partial charge in [0.2, 0.25) is 0 Å². The number of carboxylic acid groups (broad SMARTS) is 1. The first-order chi connectivity index (χ1) is 22.9. The van der Waals surface area contributed by atoms with Crippen LogP contribution in [0.1, 0.15) is 112 Å². The third-order valence-electron chi connectivity index (χ3n) is 9.43. The topological polar surface area (TPSA) is 195 Å². The lowest BCUT2D eigenvalue weighted by molar-refractivity contribution is -0.191. The van der Waals surface area contributed by atoms with Crippen molar-refractivity contribution in [2.45, 2.75) is 89.9 Å². The molecule has 0 amide bonds. The Morgan fingerprint density at radius 1 is 0.902 bits per heavy atom. The highest BCUT2D eigenvalue weighted by molar-refractivity contribution is 7.86. The average Bonchev–Trinajstić information content (AvgIpc) is 2.93. The van der Waals surface area contributed by atoms with Crippen LogP contribution < -0.4 is 15.2 Å². The van der Waals surface area contributed by atoms with Crippen molar-refractivity contribution in [2.75, 3.05) is 0 Å². The van der Waals surface area contributed by atoms with Gasteiger partial charge in [-0.1, -0.05) is 78.2 Å². The van der Waals surface area contributed by atoms with Crippen molar-refractivity contribution in [2.24, 2.45) is 10.8 Å². The van der Waals surface area contributed by atoms with Crippen LogP contribution in [0.3, 0.4) is 0 Å². The van der Waals surface area contributed by atoms with E-state index < -0.39 is 63.9 Å². The van der Waals surface area contributed by atoms with Gasteiger partial charge in [0.15, 0.2) is 11.5 Å². The summed E-state index contributed by atoms with van der Waals surface area (Å²) in [6, 6.07) is 5.95. The summed E-state index contributed by atoms with van der Waals surface area (Å²) in [4.78, 5) is 27.6. The first-order valence-corrected chi connectivity index (χ1v) is 19.0. The monoisotopic (exact) mass is 778 g/mol. The molecule has 0 spiro atoms. The van der Waals surface area contributed by atoms with Crippen LogP contribution in [0, 0.1) is 10.8 Å². The molecule has 3 aromatic rings. The number of carbonyl (C=O) groups is 1. The van der Waals surface area contributed by atoms with E-state index in [0.717, 1.165) is 0 Å². The largest absolute Gasteiger partial charge is 0.744 e. The van der Waals surface area contributed by atoms with E-state index in [9.17, 15) is 35.8 Å². The molecule has 1 N–H and O–H groups in total. The van der Waals surface area contributed by atoms with Gasteiger partial charge in [-0.05, 0) is 88.1 Å². The van der Waals surface area contributed by atoms with Gasteiger partial charge in [-0.15, -0.1) is 0 Å². The van der Waals surface area contributed by atoms with Crippen LogP contribution in [0.25, 0.3) is 11.6 Å². The van der Waals surface area contributed by atoms with Crippen molar-refractivity contribution in [1.82, 2.24) is 0 Å². The second-order valence-electron chi connectivity index (χ2n) is 14.5. The molecule has 0 fully saturated rings. The van der Waals surface area contributed by atoms with Crippen LogP contribution >= 0.6 is 23.2 Å². The zero-order chi connectivity index (χ0) is 37.5. The fourth-order valence-electron chi connectivity index (χ4n) is 8.00. The highest BCUT2D eigenvalue weighted by Gasteiger charge is 2.40. The van der Waals surface area contributed by atoms with Crippen LogP contribution in [-0.2, 0) is 36.2 Å². The van der Waals surface area contributed by atoms with Crippen molar-refractivity contribution in [3.63, 3.8) is 0 Å². The Morgan fingerprint density at radius 3 is 2.00 bits per heavy atom. The molecule has 15 heteroatoms. The average molecular weight is 780 g/mol. The maximum Gasteiger partial charge on any atom is 0.373 e. The van der Waals surface area contributed by atoms with E-state index in [1.54, 1.807) is 18.2 Å². The number of benzene rings is 3. The highest BCUT2D eigenvalue weighted by atomic mass is 35.5. The van der Waals surface area contributed by atoms with Gasteiger partial charge >= 0.3 is 12.1 Å². The minimum Gasteiger partial charge on any atom is -0.744 e. The Kier molecular flexibility index (Phi) is 10.6. The van der Waals surface area contributed by atoms with Crippen molar-refractivity contribution in [3.05, 3.63) is 78.1 Å². The summed E-state index contributed by atoms with van der Waals surface area (Å²) in [5.41, 5.74) is -0.231. The van der Waals surface area contributed by atoms with Gasteiger partial charge in [-0.3, -0.25) is 0 Å². The smallest absolute Gasteiger partial charge is 0.373 e. The van der Waals surface area contributed by atoms with E-state index in [1.165, 1.54) is 12.1 Å². The van der Waals surface area contributed by atoms with Gasteiger partial charge in [0.1, 0.15) is 30.0 Å². The molecule has 2 aliphatic carbocycles. The predicted molar refractivity (Wildman–Crippen MR) is 187 cm³/mol. The molecule has 2 unspecified atom stereocenters. The number of halogens is 2. The molecule has 1 heterocycles. The third kappa shape index (κ3) is 7.13. The Balaban J connectivity index is 0.00000141. The van der Waals surface area contributed by atoms with E-state index in [1.807, 2.05) is 41.5 Å². The van der Waals surface area contributed by atoms with E-state index in [0.29, 0.717) is 24.0 Å². The Hall–Kier alpha value is -3.55. The van der Waals surface area contributed by atoms with Gasteiger partial charge in [0, 0.05) is 26.9 Å². The molecule has 0 radical (unpaired) electrons. The normalized spacial score (nSPS) is 19.5. The van der Waals surface area contributed by atoms with Crippen molar-refractivity contribution in [3.8, 4) is 11.5 Å². The number of ether oxygens (including phenoxy) is 1. The fourth-order valence-corrected chi connectivity index (χ4v) is 10.2. The summed E-state index contributed by atoms with van der Waals surface area (Å²) in [5.74, 6) is -2.95. The SMILES string of the molecule is C.CC1CC(C)(C)Cc2c1cc1c(c2S(=O)(=O)[O-])Oc2c(S(=O)(=O)[O-])c3c(cc2=C1c1c(Cl)ccc(Cl)c1C(=O)O)C(C)CC(C)(C)C=3.O=C=O. The zero-order valence-electron chi connectivity index (χ0n) is 27.8. The second kappa shape index (κ2) is 13.5. The van der Waals surface area contributed by atoms with Crippen molar-refractivity contribution < 1.29 is 50.2 Å². The van der Waals surface area contributed by atoms with Gasteiger partial charge in [0.25, 0.3) is 0 Å². The van der Waals surface area contributed by atoms with Crippen molar-refractivity contribution in [1.29, 1.82) is 0 Å². The number of carbonyl (C=O) groups excluding carboxylic acids is 2. The standard InChI is InChI=1S/C34H34Cl2O9S2.CO2.CH4/c1-15-11-33(3,4)13-21-17(15)9-19-25(26-23(35)7-8-24(36)27(26)32(37)38)20-10-18-16(2)12-34(5,6)14-22(18)31(47(42,43)44)29(20)45-28(19)30(21)46(39,40)41;2-1-3;/h7-10,13,15-16H,11-12,14H2,1-6H3,(H,37,38)(H,39,40,41)(H,42,43,44);;1H4/p-2. The van der Waals surface area contributed by atoms with Crippen LogP contribution in [-0.4, -0.2) is 43.2 Å². The molecule has 0 aromatic heterocycles. The molecule has 3 aromatic carbocycles. The fraction of sp³-hybridized carbons (Fsp3) is 0.389. The number of fused-ring (bicyclic) bond motifs is 4. The maximum absolute atomic E-state index is 13.2. The lowest BCUT2D eigenvalue weighted by Crippen LogP contribution is -2.35. The van der Waals surface area contributed by atoms with Gasteiger partial charge in [0.05, 0.1) is 10.6 Å². The first-order valence-electron chi connectivity index (χ1n) is 15.4. The van der Waals surface area contributed by atoms with Gasteiger partial charge in [-0.25, -0.2) is 21.6 Å². The summed E-state index contributed by atoms with van der Waals surface area (Å²) in [7, 11) is -10.6. The molecule has 0 saturated carbocycles. The lowest BCUT2D eigenvalue weighted by Gasteiger charge is -2.39. The predicted octanol–water partition coefficient (Wildman–Crippen LogP) is 6.30. The minimum absolute atomic E-state index is 0. The number of hydrogen-bond donors (Lipinski definition) is 1. The van der Waals surface area contributed by atoms with E-state index in [2.05, 4.69) is 0 Å². The van der Waals surface area contributed by atoms with Crippen molar-refractivity contribution >= 4 is 67.2 Å².